The van der Waals surface area contributed by atoms with Crippen molar-refractivity contribution in [1.29, 1.82) is 0 Å². The molecule has 0 atom stereocenters. The first-order chi connectivity index (χ1) is 7.72. The molecule has 0 saturated carbocycles. The van der Waals surface area contributed by atoms with Crippen LogP contribution in [0.25, 0.3) is 0 Å². The van der Waals surface area contributed by atoms with Crippen molar-refractivity contribution in [2.45, 2.75) is 19.8 Å². The number of hydrogen-bond acceptors (Lipinski definition) is 5. The largest absolute Gasteiger partial charge is 0.498 e. The van der Waals surface area contributed by atoms with E-state index in [1.165, 1.54) is 0 Å². The number of nitrogens with zero attached hydrogens (tertiary/aromatic N) is 1. The molecule has 4 nitrogen and oxygen atoms in total. The first-order valence-corrected chi connectivity index (χ1v) is 5.68. The highest BCUT2D eigenvalue weighted by Crippen LogP contribution is 2.25. The van der Waals surface area contributed by atoms with Gasteiger partial charge in [0.1, 0.15) is 0 Å². The van der Waals surface area contributed by atoms with Gasteiger partial charge in [-0.25, -0.2) is 0 Å². The van der Waals surface area contributed by atoms with Crippen LogP contribution >= 0.6 is 12.3 Å². The van der Waals surface area contributed by atoms with Crippen molar-refractivity contribution in [3.8, 4) is 0 Å². The maximum absolute atomic E-state index is 12.2. The summed E-state index contributed by atoms with van der Waals surface area (Å²) in [4.78, 5) is 0. The Kier molecular flexibility index (Phi) is 5.34. The highest BCUT2D eigenvalue weighted by molar-refractivity contribution is 7.93. The summed E-state index contributed by atoms with van der Waals surface area (Å²) in [6.07, 6.45) is 2.97. The lowest BCUT2D eigenvalue weighted by molar-refractivity contribution is 0.218. The predicted molar refractivity (Wildman–Crippen MR) is 63.4 cm³/mol. The van der Waals surface area contributed by atoms with Gasteiger partial charge >= 0.3 is 0 Å². The second-order valence-electron chi connectivity index (χ2n) is 3.25. The Hall–Kier alpha value is -1.01. The average molecular weight is 246 g/mol. The molecule has 0 spiro atoms. The van der Waals surface area contributed by atoms with Gasteiger partial charge < -0.3 is 15.6 Å². The fourth-order valence-corrected chi connectivity index (χ4v) is 1.76. The molecule has 0 bridgehead atoms. The SMILES string of the molecule is CCOC1=CC(=N\SF)/C(=C(\N)CO)CC1. The quantitative estimate of drug-likeness (QED) is 0.743. The van der Waals surface area contributed by atoms with Crippen LogP contribution in [-0.2, 0) is 4.74 Å². The minimum atomic E-state index is -0.247. The van der Waals surface area contributed by atoms with Gasteiger partial charge in [-0.15, -0.1) is 3.89 Å². The fraction of sp³-hybridized carbons (Fsp3) is 0.500. The van der Waals surface area contributed by atoms with Gasteiger partial charge in [0, 0.05) is 23.8 Å². The van der Waals surface area contributed by atoms with E-state index in [-0.39, 0.29) is 18.9 Å². The normalized spacial score (nSPS) is 21.9. The lowest BCUT2D eigenvalue weighted by Gasteiger charge is -2.18. The van der Waals surface area contributed by atoms with Crippen LogP contribution in [0.4, 0.5) is 3.89 Å². The zero-order valence-corrected chi connectivity index (χ0v) is 9.89. The lowest BCUT2D eigenvalue weighted by Crippen LogP contribution is -2.17. The number of rotatable bonds is 4. The Morgan fingerprint density at radius 1 is 1.69 bits per heavy atom. The number of hydrogen-bond donors (Lipinski definition) is 2. The molecular formula is C10H15FN2O2S. The van der Waals surface area contributed by atoms with Crippen LogP contribution in [0.1, 0.15) is 19.8 Å². The number of allylic oxidation sites excluding steroid dienone is 3. The Balaban J connectivity index is 2.98. The third kappa shape index (κ3) is 3.24. The molecule has 3 N–H and O–H groups in total. The summed E-state index contributed by atoms with van der Waals surface area (Å²) in [6.45, 7) is 2.20. The molecule has 90 valence electrons. The van der Waals surface area contributed by atoms with Crippen LogP contribution in [0.3, 0.4) is 0 Å². The van der Waals surface area contributed by atoms with Crippen molar-refractivity contribution in [1.82, 2.24) is 0 Å². The van der Waals surface area contributed by atoms with Gasteiger partial charge in [0.05, 0.1) is 24.7 Å². The van der Waals surface area contributed by atoms with E-state index in [2.05, 4.69) is 4.40 Å². The second-order valence-corrected chi connectivity index (χ2v) is 3.57. The summed E-state index contributed by atoms with van der Waals surface area (Å²) in [5.41, 5.74) is 7.10. The first kappa shape index (κ1) is 13.1. The third-order valence-electron chi connectivity index (χ3n) is 2.25. The van der Waals surface area contributed by atoms with Crippen LogP contribution in [0.5, 0.6) is 0 Å². The highest BCUT2D eigenvalue weighted by atomic mass is 32.2. The van der Waals surface area contributed by atoms with E-state index in [4.69, 9.17) is 15.6 Å². The standard InChI is InChI=1S/C10H15FN2O2S/c1-2-15-7-3-4-8(9(12)6-14)10(5-7)13-16-11/h5,14H,2-4,6,12H2,1H3/b9-8-,13-10+. The number of aliphatic hydroxyl groups excluding tert-OH is 1. The first-order valence-electron chi connectivity index (χ1n) is 5.00. The Morgan fingerprint density at radius 3 is 3.00 bits per heavy atom. The van der Waals surface area contributed by atoms with Gasteiger partial charge in [-0.1, -0.05) is 0 Å². The minimum absolute atomic E-state index is 0.124. The molecular weight excluding hydrogens is 231 g/mol. The molecule has 0 unspecified atom stereocenters. The van der Waals surface area contributed by atoms with Crippen molar-refractivity contribution in [2.75, 3.05) is 13.2 Å². The fourth-order valence-electron chi connectivity index (χ4n) is 1.53. The van der Waals surface area contributed by atoms with Gasteiger partial charge in [0.15, 0.2) is 12.3 Å². The van der Waals surface area contributed by atoms with Gasteiger partial charge in [-0.05, 0) is 13.3 Å². The van der Waals surface area contributed by atoms with Crippen LogP contribution in [0.15, 0.2) is 27.5 Å². The van der Waals surface area contributed by atoms with Crippen molar-refractivity contribution in [3.63, 3.8) is 0 Å². The predicted octanol–water partition coefficient (Wildman–Crippen LogP) is 1.88. The zero-order valence-electron chi connectivity index (χ0n) is 9.07. The molecule has 0 heterocycles. The van der Waals surface area contributed by atoms with Crippen LogP contribution in [-0.4, -0.2) is 24.0 Å². The molecule has 0 fully saturated rings. The maximum atomic E-state index is 12.2. The summed E-state index contributed by atoms with van der Waals surface area (Å²) in [5, 5.41) is 8.95. The highest BCUT2D eigenvalue weighted by Gasteiger charge is 2.17. The average Bonchev–Trinajstić information content (AvgIpc) is 2.29. The van der Waals surface area contributed by atoms with E-state index in [0.717, 1.165) is 5.76 Å². The number of halogens is 1. The van der Waals surface area contributed by atoms with Gasteiger partial charge in [-0.2, -0.15) is 4.40 Å². The summed E-state index contributed by atoms with van der Waals surface area (Å²) >= 11 is -0.124. The van der Waals surface area contributed by atoms with E-state index >= 15 is 0 Å². The van der Waals surface area contributed by atoms with E-state index in [1.807, 2.05) is 6.92 Å². The molecule has 0 aromatic rings. The summed E-state index contributed by atoms with van der Waals surface area (Å²) in [5.74, 6) is 0.768. The van der Waals surface area contributed by atoms with Crippen molar-refractivity contribution < 1.29 is 13.7 Å². The van der Waals surface area contributed by atoms with Crippen molar-refractivity contribution in [2.24, 2.45) is 10.1 Å². The molecule has 0 saturated heterocycles. The molecule has 0 aromatic heterocycles. The Bertz CT molecular complexity index is 340. The smallest absolute Gasteiger partial charge is 0.187 e. The molecule has 0 aromatic carbocycles. The van der Waals surface area contributed by atoms with Crippen molar-refractivity contribution >= 4 is 18.0 Å². The molecule has 16 heavy (non-hydrogen) atoms. The lowest BCUT2D eigenvalue weighted by atomic mass is 9.96. The molecule has 0 amide bonds. The number of aliphatic hydroxyl groups is 1. The summed E-state index contributed by atoms with van der Waals surface area (Å²) in [7, 11) is 0. The Labute approximate surface area is 98.5 Å². The third-order valence-corrected chi connectivity index (χ3v) is 2.51. The molecule has 1 aliphatic rings. The van der Waals surface area contributed by atoms with Crippen LogP contribution in [0, 0.1) is 0 Å². The minimum Gasteiger partial charge on any atom is -0.498 e. The van der Waals surface area contributed by atoms with E-state index in [1.54, 1.807) is 6.08 Å². The van der Waals surface area contributed by atoms with E-state index in [9.17, 15) is 3.89 Å². The summed E-state index contributed by atoms with van der Waals surface area (Å²) in [6, 6.07) is 0. The van der Waals surface area contributed by atoms with Crippen molar-refractivity contribution in [3.05, 3.63) is 23.1 Å². The molecule has 6 heteroatoms. The molecule has 0 aliphatic heterocycles. The molecule has 1 aliphatic carbocycles. The van der Waals surface area contributed by atoms with Gasteiger partial charge in [-0.3, -0.25) is 0 Å². The van der Waals surface area contributed by atoms with E-state index in [0.29, 0.717) is 36.4 Å². The summed E-state index contributed by atoms with van der Waals surface area (Å²) < 4.78 is 21.1. The zero-order chi connectivity index (χ0) is 12.0. The van der Waals surface area contributed by atoms with Crippen LogP contribution < -0.4 is 5.73 Å². The van der Waals surface area contributed by atoms with Crippen LogP contribution in [0.2, 0.25) is 0 Å². The number of ether oxygens (including phenoxy) is 1. The van der Waals surface area contributed by atoms with Gasteiger partial charge in [0.25, 0.3) is 0 Å². The van der Waals surface area contributed by atoms with E-state index < -0.39 is 0 Å². The Morgan fingerprint density at radius 2 is 2.44 bits per heavy atom. The monoisotopic (exact) mass is 246 g/mol. The van der Waals surface area contributed by atoms with Gasteiger partial charge in [0.2, 0.25) is 0 Å². The maximum Gasteiger partial charge on any atom is 0.187 e. The topological polar surface area (TPSA) is 67.8 Å². The second kappa shape index (κ2) is 6.55. The molecule has 0 radical (unpaired) electrons. The molecule has 1 rings (SSSR count). The number of nitrogens with two attached hydrogens (primary N) is 1.